The zero-order chi connectivity index (χ0) is 16.0. The van der Waals surface area contributed by atoms with Crippen molar-refractivity contribution in [1.29, 1.82) is 5.26 Å². The molecule has 2 aromatic rings. The fourth-order valence-electron chi connectivity index (χ4n) is 1.91. The maximum atomic E-state index is 12.5. The van der Waals surface area contributed by atoms with Gasteiger partial charge >= 0.3 is 0 Å². The molecule has 114 valence electrons. The van der Waals surface area contributed by atoms with Crippen molar-refractivity contribution in [3.05, 3.63) is 64.9 Å². The molecule has 0 spiro atoms. The molecule has 0 aliphatic heterocycles. The predicted octanol–water partition coefficient (Wildman–Crippen LogP) is 2.59. The molecule has 0 saturated carbocycles. The van der Waals surface area contributed by atoms with Crippen LogP contribution in [0.4, 0.5) is 0 Å². The Bertz CT molecular complexity index is 756. The maximum Gasteiger partial charge on any atom is 0.219 e. The first-order valence-corrected chi connectivity index (χ1v) is 8.49. The Balaban J connectivity index is 2.19. The summed E-state index contributed by atoms with van der Waals surface area (Å²) >= 11 is 5.69. The molecule has 0 atom stereocenters. The Labute approximate surface area is 134 Å². The standard InChI is InChI=1S/C15H14ClN3O2S/c16-15-7-6-14(10-18-15)12-22(20,21)19(9-8-17)11-13-4-2-1-3-5-13/h1-7,10H,9,11-12H2. The van der Waals surface area contributed by atoms with Crippen molar-refractivity contribution >= 4 is 21.6 Å². The summed E-state index contributed by atoms with van der Waals surface area (Å²) in [5, 5.41) is 9.20. The van der Waals surface area contributed by atoms with Gasteiger partial charge in [-0.3, -0.25) is 0 Å². The van der Waals surface area contributed by atoms with E-state index in [0.29, 0.717) is 10.7 Å². The Morgan fingerprint density at radius 3 is 2.45 bits per heavy atom. The second-order valence-corrected chi connectivity index (χ2v) is 7.01. The predicted molar refractivity (Wildman–Crippen MR) is 84.3 cm³/mol. The molecule has 0 aliphatic carbocycles. The van der Waals surface area contributed by atoms with E-state index in [1.807, 2.05) is 36.4 Å². The fraction of sp³-hybridized carbons (Fsp3) is 0.200. The lowest BCUT2D eigenvalue weighted by Crippen LogP contribution is -2.32. The highest BCUT2D eigenvalue weighted by Crippen LogP contribution is 2.15. The summed E-state index contributed by atoms with van der Waals surface area (Å²) in [6.07, 6.45) is 1.42. The van der Waals surface area contributed by atoms with Gasteiger partial charge in [0.05, 0.1) is 11.8 Å². The molecule has 2 rings (SSSR count). The Kier molecular flexibility index (Phi) is 5.50. The van der Waals surface area contributed by atoms with Crippen molar-refractivity contribution in [2.45, 2.75) is 12.3 Å². The van der Waals surface area contributed by atoms with Gasteiger partial charge in [0.15, 0.2) is 0 Å². The lowest BCUT2D eigenvalue weighted by Gasteiger charge is -2.19. The van der Waals surface area contributed by atoms with Crippen LogP contribution in [0.25, 0.3) is 0 Å². The molecule has 0 radical (unpaired) electrons. The number of pyridine rings is 1. The number of rotatable bonds is 6. The number of hydrogen-bond donors (Lipinski definition) is 0. The van der Waals surface area contributed by atoms with Gasteiger partial charge in [-0.25, -0.2) is 13.4 Å². The maximum absolute atomic E-state index is 12.5. The zero-order valence-corrected chi connectivity index (χ0v) is 13.3. The number of halogens is 1. The molecule has 1 aromatic heterocycles. The topological polar surface area (TPSA) is 74.1 Å². The Hall–Kier alpha value is -1.94. The second kappa shape index (κ2) is 7.36. The molecular formula is C15H14ClN3O2S. The highest BCUT2D eigenvalue weighted by Gasteiger charge is 2.22. The number of benzene rings is 1. The van der Waals surface area contributed by atoms with E-state index in [4.69, 9.17) is 16.9 Å². The van der Waals surface area contributed by atoms with E-state index in [9.17, 15) is 8.42 Å². The lowest BCUT2D eigenvalue weighted by atomic mass is 10.2. The minimum Gasteiger partial charge on any atom is -0.244 e. The fourth-order valence-corrected chi connectivity index (χ4v) is 3.40. The SMILES string of the molecule is N#CCN(Cc1ccccc1)S(=O)(=O)Cc1ccc(Cl)nc1. The van der Waals surface area contributed by atoms with Crippen LogP contribution in [0.3, 0.4) is 0 Å². The summed E-state index contributed by atoms with van der Waals surface area (Å²) in [5.41, 5.74) is 1.36. The summed E-state index contributed by atoms with van der Waals surface area (Å²) in [7, 11) is -3.62. The van der Waals surface area contributed by atoms with E-state index >= 15 is 0 Å². The molecule has 7 heteroatoms. The molecule has 0 bridgehead atoms. The molecule has 1 heterocycles. The summed E-state index contributed by atoms with van der Waals surface area (Å²) in [5.74, 6) is -0.217. The summed E-state index contributed by atoms with van der Waals surface area (Å²) < 4.78 is 26.2. The van der Waals surface area contributed by atoms with Crippen LogP contribution in [0, 0.1) is 11.3 Å². The van der Waals surface area contributed by atoms with Crippen LogP contribution in [0.15, 0.2) is 48.7 Å². The summed E-state index contributed by atoms with van der Waals surface area (Å²) in [6, 6.07) is 14.2. The molecule has 0 amide bonds. The summed E-state index contributed by atoms with van der Waals surface area (Å²) in [6.45, 7) is -0.0317. The number of nitriles is 1. The van der Waals surface area contributed by atoms with E-state index in [0.717, 1.165) is 9.87 Å². The van der Waals surface area contributed by atoms with Crippen molar-refractivity contribution in [2.24, 2.45) is 0 Å². The first kappa shape index (κ1) is 16.4. The van der Waals surface area contributed by atoms with Crippen molar-refractivity contribution in [3.63, 3.8) is 0 Å². The van der Waals surface area contributed by atoms with Crippen LogP contribution >= 0.6 is 11.6 Å². The lowest BCUT2D eigenvalue weighted by molar-refractivity contribution is 0.440. The number of hydrogen-bond acceptors (Lipinski definition) is 4. The normalized spacial score (nSPS) is 11.3. The highest BCUT2D eigenvalue weighted by molar-refractivity contribution is 7.88. The van der Waals surface area contributed by atoms with Gasteiger partial charge in [-0.2, -0.15) is 9.57 Å². The molecule has 5 nitrogen and oxygen atoms in total. The molecule has 0 unspecified atom stereocenters. The van der Waals surface area contributed by atoms with E-state index in [-0.39, 0.29) is 18.8 Å². The van der Waals surface area contributed by atoms with E-state index in [1.165, 1.54) is 12.3 Å². The van der Waals surface area contributed by atoms with Crippen LogP contribution < -0.4 is 0 Å². The van der Waals surface area contributed by atoms with Gasteiger partial charge in [-0.1, -0.05) is 48.0 Å². The smallest absolute Gasteiger partial charge is 0.219 e. The minimum absolute atomic E-state index is 0.164. The van der Waals surface area contributed by atoms with Crippen LogP contribution in [0.5, 0.6) is 0 Å². The number of sulfonamides is 1. The van der Waals surface area contributed by atoms with Crippen LogP contribution in [0.1, 0.15) is 11.1 Å². The molecule has 0 aliphatic rings. The third-order valence-electron chi connectivity index (χ3n) is 2.98. The van der Waals surface area contributed by atoms with Crippen molar-refractivity contribution in [2.75, 3.05) is 6.54 Å². The molecule has 0 fully saturated rings. The molecule has 22 heavy (non-hydrogen) atoms. The number of nitrogens with zero attached hydrogens (tertiary/aromatic N) is 3. The van der Waals surface area contributed by atoms with E-state index in [1.54, 1.807) is 6.07 Å². The third-order valence-corrected chi connectivity index (χ3v) is 4.95. The second-order valence-electron chi connectivity index (χ2n) is 4.66. The average molecular weight is 336 g/mol. The Morgan fingerprint density at radius 2 is 1.86 bits per heavy atom. The number of aromatic nitrogens is 1. The van der Waals surface area contributed by atoms with Gasteiger partial charge in [0.2, 0.25) is 10.0 Å². The van der Waals surface area contributed by atoms with Crippen molar-refractivity contribution in [3.8, 4) is 6.07 Å². The largest absolute Gasteiger partial charge is 0.244 e. The first-order chi connectivity index (χ1) is 10.5. The highest BCUT2D eigenvalue weighted by atomic mass is 35.5. The molecule has 1 aromatic carbocycles. The van der Waals surface area contributed by atoms with E-state index in [2.05, 4.69) is 4.98 Å². The monoisotopic (exact) mass is 335 g/mol. The molecular weight excluding hydrogens is 322 g/mol. The minimum atomic E-state index is -3.62. The Morgan fingerprint density at radius 1 is 1.14 bits per heavy atom. The van der Waals surface area contributed by atoms with E-state index < -0.39 is 10.0 Å². The van der Waals surface area contributed by atoms with Crippen molar-refractivity contribution < 1.29 is 8.42 Å². The van der Waals surface area contributed by atoms with Crippen LogP contribution in [-0.4, -0.2) is 24.3 Å². The van der Waals surface area contributed by atoms with Crippen LogP contribution in [0.2, 0.25) is 5.15 Å². The van der Waals surface area contributed by atoms with Gasteiger partial charge in [0.1, 0.15) is 11.7 Å². The quantitative estimate of drug-likeness (QED) is 0.600. The molecule has 0 saturated heterocycles. The summed E-state index contributed by atoms with van der Waals surface area (Å²) in [4.78, 5) is 3.87. The zero-order valence-electron chi connectivity index (χ0n) is 11.7. The van der Waals surface area contributed by atoms with Gasteiger partial charge in [-0.05, 0) is 17.2 Å². The molecule has 0 N–H and O–H groups in total. The third kappa shape index (κ3) is 4.53. The van der Waals surface area contributed by atoms with Gasteiger partial charge in [0.25, 0.3) is 0 Å². The van der Waals surface area contributed by atoms with Gasteiger partial charge < -0.3 is 0 Å². The van der Waals surface area contributed by atoms with Gasteiger partial charge in [-0.15, -0.1) is 0 Å². The van der Waals surface area contributed by atoms with Gasteiger partial charge in [0, 0.05) is 12.7 Å². The van der Waals surface area contributed by atoms with Crippen molar-refractivity contribution in [1.82, 2.24) is 9.29 Å². The first-order valence-electron chi connectivity index (χ1n) is 6.50. The average Bonchev–Trinajstić information content (AvgIpc) is 2.50. The van der Waals surface area contributed by atoms with Crippen LogP contribution in [-0.2, 0) is 22.3 Å².